The number of hydrogen-bond donors (Lipinski definition) is 0. The van der Waals surface area contributed by atoms with E-state index < -0.39 is 0 Å². The van der Waals surface area contributed by atoms with Gasteiger partial charge in [0.15, 0.2) is 0 Å². The van der Waals surface area contributed by atoms with Crippen LogP contribution in [0.4, 0.5) is 0 Å². The minimum absolute atomic E-state index is 0. The van der Waals surface area contributed by atoms with E-state index in [2.05, 4.69) is 0 Å². The zero-order valence-corrected chi connectivity index (χ0v) is 18.7. The maximum Gasteiger partial charge on any atom is 0 e. The molecule has 0 spiro atoms. The molecular weight excluding hydrogens is 732 g/mol. The van der Waals surface area contributed by atoms with Crippen LogP contribution in [0.15, 0.2) is 0 Å². The van der Waals surface area contributed by atoms with Crippen LogP contribution < -0.4 is 0 Å². The molecule has 0 aliphatic heterocycles. The summed E-state index contributed by atoms with van der Waals surface area (Å²) in [6.07, 6.45) is 0. The quantitative estimate of drug-likeness (QED) is 0.319. The predicted octanol–water partition coefficient (Wildman–Crippen LogP) is 0.542. The van der Waals surface area contributed by atoms with E-state index >= 15 is 0 Å². The third kappa shape index (κ3) is 136. The van der Waals surface area contributed by atoms with Crippen LogP contribution in [-0.2, 0) is 154 Å². The summed E-state index contributed by atoms with van der Waals surface area (Å²) in [5.74, 6) is 0. The molecule has 0 rings (SSSR count). The van der Waals surface area contributed by atoms with Gasteiger partial charge < -0.3 is 0 Å². The van der Waals surface area contributed by atoms with Gasteiger partial charge in [0.2, 0.25) is 0 Å². The van der Waals surface area contributed by atoms with E-state index in [1.807, 2.05) is 0 Å². The molecule has 0 aliphatic rings. The summed E-state index contributed by atoms with van der Waals surface area (Å²) in [6.45, 7) is 0. The smallest absolute Gasteiger partial charge is 0 e. The van der Waals surface area contributed by atoms with Crippen molar-refractivity contribution in [1.29, 1.82) is 0 Å². The Kier molecular flexibility index (Phi) is 2130. The van der Waals surface area contributed by atoms with Crippen molar-refractivity contribution in [3.8, 4) is 0 Å². The zero-order chi connectivity index (χ0) is 0. The van der Waals surface area contributed by atoms with Gasteiger partial charge >= 0.3 is 0 Å². The van der Waals surface area contributed by atoms with E-state index in [9.17, 15) is 0 Å². The van der Waals surface area contributed by atoms with E-state index in [1.165, 1.54) is 0 Å². The van der Waals surface area contributed by atoms with Crippen molar-refractivity contribution in [3.05, 3.63) is 0 Å². The van der Waals surface area contributed by atoms with Gasteiger partial charge in [-0.15, -0.1) is 0 Å². The minimum atomic E-state index is 0. The summed E-state index contributed by atoms with van der Waals surface area (Å²) in [5, 5.41) is 0. The first kappa shape index (κ1) is 187. The molecule has 14 heteroatoms. The van der Waals surface area contributed by atoms with Crippen molar-refractivity contribution in [2.24, 2.45) is 0 Å². The van der Waals surface area contributed by atoms with E-state index in [-0.39, 0.29) is 221 Å². The first-order valence-corrected chi connectivity index (χ1v) is 0. The van der Waals surface area contributed by atoms with Crippen LogP contribution in [0.5, 0.6) is 0 Å². The molecule has 0 atom stereocenters. The Morgan fingerprint density at radius 1 is 0.143 bits per heavy atom. The van der Waals surface area contributed by atoms with Gasteiger partial charge in [0.1, 0.15) is 0 Å². The fourth-order valence-electron chi connectivity index (χ4n) is 0. The molecule has 0 fully saturated rings. The fourth-order valence-corrected chi connectivity index (χ4v) is 0. The van der Waals surface area contributed by atoms with Crippen molar-refractivity contribution in [2.45, 2.75) is 0 Å². The summed E-state index contributed by atoms with van der Waals surface area (Å²) < 4.78 is 0. The first-order valence-electron chi connectivity index (χ1n) is 0. The Morgan fingerprint density at radius 3 is 0.143 bits per heavy atom. The van der Waals surface area contributed by atoms with E-state index in [0.29, 0.717) is 0 Å². The van der Waals surface area contributed by atoms with Crippen molar-refractivity contribution in [2.75, 3.05) is 0 Å². The summed E-state index contributed by atoms with van der Waals surface area (Å²) in [5.41, 5.74) is 0. The standard InChI is InChI=1S/9Cu.5H2S/h;;;;;;;;;5*1H2. The normalized spacial score (nSPS) is 0. The van der Waals surface area contributed by atoms with Crippen molar-refractivity contribution in [3.63, 3.8) is 0 Å². The second-order valence-electron chi connectivity index (χ2n) is 0. The van der Waals surface area contributed by atoms with Gasteiger partial charge in [-0.3, -0.25) is 0 Å². The van der Waals surface area contributed by atoms with Gasteiger partial charge in [-0.25, -0.2) is 0 Å². The fraction of sp³-hybridized carbons (Fsp3) is 0. The molecule has 0 N–H and O–H groups in total. The summed E-state index contributed by atoms with van der Waals surface area (Å²) >= 11 is 0. The molecule has 139 valence electrons. The van der Waals surface area contributed by atoms with Crippen LogP contribution in [0.25, 0.3) is 0 Å². The van der Waals surface area contributed by atoms with Gasteiger partial charge in [0.05, 0.1) is 0 Å². The van der Waals surface area contributed by atoms with Gasteiger partial charge in [-0.1, -0.05) is 0 Å². The molecule has 0 aromatic heterocycles. The van der Waals surface area contributed by atoms with Crippen LogP contribution in [0.1, 0.15) is 0 Å². The van der Waals surface area contributed by atoms with Crippen molar-refractivity contribution >= 4 is 67.5 Å². The average Bonchev–Trinajstić information content (AvgIpc) is 0. The maximum atomic E-state index is 0. The van der Waals surface area contributed by atoms with Crippen LogP contribution in [-0.4, -0.2) is 0 Å². The zero-order valence-electron chi connectivity index (χ0n) is 5.21. The van der Waals surface area contributed by atoms with Crippen LogP contribution in [0.2, 0.25) is 0 Å². The van der Waals surface area contributed by atoms with Crippen LogP contribution in [0, 0.1) is 0 Å². The van der Waals surface area contributed by atoms with Gasteiger partial charge in [0, 0.05) is 154 Å². The van der Waals surface area contributed by atoms with Crippen molar-refractivity contribution in [1.82, 2.24) is 0 Å². The second-order valence-corrected chi connectivity index (χ2v) is 0. The summed E-state index contributed by atoms with van der Waals surface area (Å²) in [4.78, 5) is 0. The third-order valence-electron chi connectivity index (χ3n) is 0. The molecule has 0 unspecified atom stereocenters. The minimum Gasteiger partial charge on any atom is -0.197 e. The molecule has 0 amide bonds. The Morgan fingerprint density at radius 2 is 0.143 bits per heavy atom. The molecule has 9 radical (unpaired) electrons. The second kappa shape index (κ2) is 160. The molecule has 0 aliphatic carbocycles. The Bertz CT molecular complexity index is 13.2. The molecule has 0 saturated carbocycles. The summed E-state index contributed by atoms with van der Waals surface area (Å²) in [6, 6.07) is 0. The molecule has 0 bridgehead atoms. The molecule has 0 nitrogen and oxygen atoms in total. The molecule has 0 aromatic rings. The average molecular weight is 742 g/mol. The van der Waals surface area contributed by atoms with Gasteiger partial charge in [-0.2, -0.15) is 67.5 Å². The molecule has 0 saturated heterocycles. The number of hydrogen-bond acceptors (Lipinski definition) is 0. The Labute approximate surface area is 217 Å². The first-order chi connectivity index (χ1) is 0. The van der Waals surface area contributed by atoms with Crippen molar-refractivity contribution < 1.29 is 154 Å². The Hall–Kier alpha value is 6.43. The topological polar surface area (TPSA) is 0 Å². The number of rotatable bonds is 0. The van der Waals surface area contributed by atoms with Crippen LogP contribution in [0.3, 0.4) is 0 Å². The largest absolute Gasteiger partial charge is 0.197 e. The maximum absolute atomic E-state index is 0. The predicted molar refractivity (Wildman–Crippen MR) is 51.9 cm³/mol. The van der Waals surface area contributed by atoms with Crippen LogP contribution >= 0.6 is 67.5 Å². The van der Waals surface area contributed by atoms with Gasteiger partial charge in [0.25, 0.3) is 0 Å². The molecule has 0 aromatic carbocycles. The van der Waals surface area contributed by atoms with E-state index in [4.69, 9.17) is 0 Å². The SMILES string of the molecule is S.S.S.S.S.[Cu].[Cu].[Cu].[Cu].[Cu].[Cu].[Cu].[Cu].[Cu]. The monoisotopic (exact) mass is 736 g/mol. The third-order valence-corrected chi connectivity index (χ3v) is 0. The van der Waals surface area contributed by atoms with E-state index in [1.54, 1.807) is 0 Å². The molecule has 0 heterocycles. The Balaban J connectivity index is 0. The summed E-state index contributed by atoms with van der Waals surface area (Å²) in [7, 11) is 0. The van der Waals surface area contributed by atoms with E-state index in [0.717, 1.165) is 0 Å². The molecule has 14 heavy (non-hydrogen) atoms. The molecular formula is H10Cu9S5. The van der Waals surface area contributed by atoms with Gasteiger partial charge in [-0.05, 0) is 0 Å².